The van der Waals surface area contributed by atoms with E-state index < -0.39 is 6.03 Å². The summed E-state index contributed by atoms with van der Waals surface area (Å²) in [7, 11) is 1.70. The number of para-hydroxylation sites is 1. The second-order valence-electron chi connectivity index (χ2n) is 6.63. The van der Waals surface area contributed by atoms with Gasteiger partial charge in [-0.15, -0.1) is 0 Å². The SMILES string of the molecule is CC(C)NC(=O)CCNC(=O)Nc1cccc(C(=O)N(C)c2ccccc2)c1. The van der Waals surface area contributed by atoms with E-state index in [0.29, 0.717) is 11.3 Å². The van der Waals surface area contributed by atoms with Crippen LogP contribution in [0.2, 0.25) is 0 Å². The number of anilines is 2. The van der Waals surface area contributed by atoms with Gasteiger partial charge in [0.15, 0.2) is 0 Å². The first-order valence-electron chi connectivity index (χ1n) is 9.14. The first-order chi connectivity index (χ1) is 13.4. The summed E-state index contributed by atoms with van der Waals surface area (Å²) < 4.78 is 0. The van der Waals surface area contributed by atoms with Crippen LogP contribution in [0.3, 0.4) is 0 Å². The van der Waals surface area contributed by atoms with Crippen molar-refractivity contribution < 1.29 is 14.4 Å². The molecule has 0 aliphatic carbocycles. The normalized spacial score (nSPS) is 10.3. The van der Waals surface area contributed by atoms with Crippen molar-refractivity contribution in [1.82, 2.24) is 10.6 Å². The van der Waals surface area contributed by atoms with Crippen molar-refractivity contribution in [3.8, 4) is 0 Å². The summed E-state index contributed by atoms with van der Waals surface area (Å²) in [6.45, 7) is 3.98. The molecule has 0 aliphatic rings. The highest BCUT2D eigenvalue weighted by Gasteiger charge is 2.14. The smallest absolute Gasteiger partial charge is 0.319 e. The van der Waals surface area contributed by atoms with Crippen molar-refractivity contribution >= 4 is 29.2 Å². The van der Waals surface area contributed by atoms with Gasteiger partial charge in [-0.2, -0.15) is 0 Å². The maximum Gasteiger partial charge on any atom is 0.319 e. The van der Waals surface area contributed by atoms with Crippen molar-refractivity contribution in [2.45, 2.75) is 26.3 Å². The Labute approximate surface area is 165 Å². The van der Waals surface area contributed by atoms with Crippen LogP contribution in [0.4, 0.5) is 16.2 Å². The van der Waals surface area contributed by atoms with Crippen LogP contribution in [0, 0.1) is 0 Å². The van der Waals surface area contributed by atoms with E-state index in [1.165, 1.54) is 0 Å². The second kappa shape index (κ2) is 10.1. The summed E-state index contributed by atoms with van der Waals surface area (Å²) in [5.74, 6) is -0.299. The average Bonchev–Trinajstić information content (AvgIpc) is 2.67. The maximum atomic E-state index is 12.7. The van der Waals surface area contributed by atoms with Gasteiger partial charge in [-0.05, 0) is 44.2 Å². The van der Waals surface area contributed by atoms with Crippen molar-refractivity contribution in [3.05, 3.63) is 60.2 Å². The molecule has 0 bridgehead atoms. The summed E-state index contributed by atoms with van der Waals surface area (Å²) in [4.78, 5) is 37.8. The van der Waals surface area contributed by atoms with Crippen LogP contribution in [-0.4, -0.2) is 37.5 Å². The summed E-state index contributed by atoms with van der Waals surface area (Å²) in [5.41, 5.74) is 1.74. The van der Waals surface area contributed by atoms with Crippen LogP contribution in [-0.2, 0) is 4.79 Å². The minimum absolute atomic E-state index is 0.0654. The Balaban J connectivity index is 1.91. The van der Waals surface area contributed by atoms with Gasteiger partial charge in [-0.1, -0.05) is 24.3 Å². The number of amides is 4. The van der Waals surface area contributed by atoms with E-state index in [0.717, 1.165) is 5.69 Å². The van der Waals surface area contributed by atoms with E-state index in [2.05, 4.69) is 16.0 Å². The molecule has 0 saturated carbocycles. The van der Waals surface area contributed by atoms with Crippen LogP contribution in [0.25, 0.3) is 0 Å². The van der Waals surface area contributed by atoms with Crippen LogP contribution in [0.1, 0.15) is 30.6 Å². The first kappa shape index (κ1) is 21.0. The molecule has 0 spiro atoms. The Morgan fingerprint density at radius 2 is 1.71 bits per heavy atom. The van der Waals surface area contributed by atoms with Gasteiger partial charge in [0, 0.05) is 43.0 Å². The Hall–Kier alpha value is -3.35. The zero-order valence-corrected chi connectivity index (χ0v) is 16.4. The first-order valence-corrected chi connectivity index (χ1v) is 9.14. The fraction of sp³-hybridized carbons (Fsp3) is 0.286. The van der Waals surface area contributed by atoms with Gasteiger partial charge in [0.25, 0.3) is 5.91 Å². The molecule has 7 nitrogen and oxygen atoms in total. The number of benzene rings is 2. The predicted molar refractivity (Wildman–Crippen MR) is 111 cm³/mol. The van der Waals surface area contributed by atoms with Crippen molar-refractivity contribution in [1.29, 1.82) is 0 Å². The molecule has 0 radical (unpaired) electrons. The zero-order chi connectivity index (χ0) is 20.5. The highest BCUT2D eigenvalue weighted by atomic mass is 16.2. The summed E-state index contributed by atoms with van der Waals surface area (Å²) >= 11 is 0. The molecule has 0 aliphatic heterocycles. The number of rotatable bonds is 7. The third-order valence-corrected chi connectivity index (χ3v) is 3.90. The number of nitrogens with one attached hydrogen (secondary N) is 3. The molecule has 0 unspecified atom stereocenters. The molecule has 0 heterocycles. The Bertz CT molecular complexity index is 821. The highest BCUT2D eigenvalue weighted by molar-refractivity contribution is 6.06. The van der Waals surface area contributed by atoms with Crippen LogP contribution < -0.4 is 20.9 Å². The predicted octanol–water partition coefficient (Wildman–Crippen LogP) is 3.00. The van der Waals surface area contributed by atoms with Gasteiger partial charge in [-0.25, -0.2) is 4.79 Å². The highest BCUT2D eigenvalue weighted by Crippen LogP contribution is 2.17. The maximum absolute atomic E-state index is 12.7. The molecule has 0 saturated heterocycles. The lowest BCUT2D eigenvalue weighted by molar-refractivity contribution is -0.121. The largest absolute Gasteiger partial charge is 0.354 e. The van der Waals surface area contributed by atoms with E-state index in [1.807, 2.05) is 44.2 Å². The fourth-order valence-electron chi connectivity index (χ4n) is 2.55. The Kier molecular flexibility index (Phi) is 7.56. The van der Waals surface area contributed by atoms with E-state index >= 15 is 0 Å². The molecular formula is C21H26N4O3. The van der Waals surface area contributed by atoms with E-state index in [4.69, 9.17) is 0 Å². The van der Waals surface area contributed by atoms with E-state index in [1.54, 1.807) is 36.2 Å². The molecule has 2 aromatic rings. The molecule has 148 valence electrons. The van der Waals surface area contributed by atoms with E-state index in [9.17, 15) is 14.4 Å². The van der Waals surface area contributed by atoms with Gasteiger partial charge in [-0.3, -0.25) is 9.59 Å². The van der Waals surface area contributed by atoms with Gasteiger partial charge in [0.05, 0.1) is 0 Å². The summed E-state index contributed by atoms with van der Waals surface area (Å²) in [6, 6.07) is 15.7. The molecule has 0 fully saturated rings. The summed E-state index contributed by atoms with van der Waals surface area (Å²) in [5, 5.41) is 8.06. The molecule has 28 heavy (non-hydrogen) atoms. The van der Waals surface area contributed by atoms with Gasteiger partial charge >= 0.3 is 6.03 Å². The average molecular weight is 382 g/mol. The fourth-order valence-corrected chi connectivity index (χ4v) is 2.55. The molecule has 7 heteroatoms. The van der Waals surface area contributed by atoms with Gasteiger partial charge < -0.3 is 20.9 Å². The molecule has 2 rings (SSSR count). The quantitative estimate of drug-likeness (QED) is 0.688. The minimum atomic E-state index is -0.432. The number of hydrogen-bond acceptors (Lipinski definition) is 3. The Morgan fingerprint density at radius 3 is 2.39 bits per heavy atom. The second-order valence-corrected chi connectivity index (χ2v) is 6.63. The topological polar surface area (TPSA) is 90.5 Å². The summed E-state index contributed by atoms with van der Waals surface area (Å²) in [6.07, 6.45) is 0.200. The monoisotopic (exact) mass is 382 g/mol. The van der Waals surface area contributed by atoms with Crippen LogP contribution in [0.5, 0.6) is 0 Å². The Morgan fingerprint density at radius 1 is 1.00 bits per heavy atom. The zero-order valence-electron chi connectivity index (χ0n) is 16.4. The van der Waals surface area contributed by atoms with Gasteiger partial charge in [0.1, 0.15) is 0 Å². The van der Waals surface area contributed by atoms with Crippen molar-refractivity contribution in [3.63, 3.8) is 0 Å². The minimum Gasteiger partial charge on any atom is -0.354 e. The number of carbonyl (C=O) groups is 3. The molecule has 2 aromatic carbocycles. The molecular weight excluding hydrogens is 356 g/mol. The molecule has 3 N–H and O–H groups in total. The van der Waals surface area contributed by atoms with E-state index in [-0.39, 0.29) is 30.8 Å². The molecule has 0 aromatic heterocycles. The number of carbonyl (C=O) groups excluding carboxylic acids is 3. The third kappa shape index (κ3) is 6.42. The third-order valence-electron chi connectivity index (χ3n) is 3.90. The number of urea groups is 1. The standard InChI is InChI=1S/C21H26N4O3/c1-15(2)23-19(26)12-13-22-21(28)24-17-9-7-8-16(14-17)20(27)25(3)18-10-5-4-6-11-18/h4-11,14-15H,12-13H2,1-3H3,(H,23,26)(H2,22,24,28). The number of hydrogen-bond donors (Lipinski definition) is 3. The lowest BCUT2D eigenvalue weighted by atomic mass is 10.1. The van der Waals surface area contributed by atoms with Crippen LogP contribution >= 0.6 is 0 Å². The molecule has 0 atom stereocenters. The number of nitrogens with zero attached hydrogens (tertiary/aromatic N) is 1. The van der Waals surface area contributed by atoms with Crippen molar-refractivity contribution in [2.75, 3.05) is 23.8 Å². The van der Waals surface area contributed by atoms with Gasteiger partial charge in [0.2, 0.25) is 5.91 Å². The lowest BCUT2D eigenvalue weighted by Crippen LogP contribution is -2.35. The van der Waals surface area contributed by atoms with Crippen molar-refractivity contribution in [2.24, 2.45) is 0 Å². The lowest BCUT2D eigenvalue weighted by Gasteiger charge is -2.17. The van der Waals surface area contributed by atoms with Crippen LogP contribution in [0.15, 0.2) is 54.6 Å². The molecule has 4 amide bonds.